The van der Waals surface area contributed by atoms with Crippen LogP contribution < -0.4 is 9.80 Å². The number of carbonyl (C=O) groups is 1. The van der Waals surface area contributed by atoms with Gasteiger partial charge in [-0.25, -0.2) is 4.90 Å². The third-order valence-electron chi connectivity index (χ3n) is 8.41. The average Bonchev–Trinajstić information content (AvgIpc) is 2.92. The Balaban J connectivity index is 1.70. The summed E-state index contributed by atoms with van der Waals surface area (Å²) in [6.07, 6.45) is 1.98. The lowest BCUT2D eigenvalue weighted by molar-refractivity contribution is -0.125. The van der Waals surface area contributed by atoms with Gasteiger partial charge in [-0.05, 0) is 30.5 Å². The van der Waals surface area contributed by atoms with Gasteiger partial charge in [0.05, 0.1) is 19.6 Å². The Labute approximate surface area is 215 Å². The number of hydrogen-bond donors (Lipinski definition) is 1. The standard InChI is InChI=1S/C31H39N4O/c1-26-13-14-27(2)30(21-26)35(19-17-33(25-36)18-20-35)31(22-28-9-5-3-6-10-28)24-32-15-16-34(31)23-29-11-7-4-8-12-29/h3-14,21,25,32H,15-20,22-24H2,1-2H3/q+1. The van der Waals surface area contributed by atoms with Crippen LogP contribution in [0.3, 0.4) is 0 Å². The van der Waals surface area contributed by atoms with Crippen molar-refractivity contribution in [3.05, 3.63) is 101 Å². The van der Waals surface area contributed by atoms with E-state index in [9.17, 15) is 4.79 Å². The summed E-state index contributed by atoms with van der Waals surface area (Å²) in [5.41, 5.74) is 6.54. The Morgan fingerprint density at radius 3 is 2.22 bits per heavy atom. The van der Waals surface area contributed by atoms with E-state index in [1.807, 2.05) is 4.90 Å². The van der Waals surface area contributed by atoms with Gasteiger partial charge in [0.15, 0.2) is 5.66 Å². The lowest BCUT2D eigenvalue weighted by Crippen LogP contribution is -2.82. The van der Waals surface area contributed by atoms with Gasteiger partial charge < -0.3 is 10.2 Å². The minimum atomic E-state index is -0.191. The number of aryl methyl sites for hydroxylation is 2. The zero-order valence-electron chi connectivity index (χ0n) is 21.7. The topological polar surface area (TPSA) is 35.6 Å². The molecule has 2 heterocycles. The minimum absolute atomic E-state index is 0.191. The molecule has 0 radical (unpaired) electrons. The van der Waals surface area contributed by atoms with Gasteiger partial charge in [0, 0.05) is 37.7 Å². The van der Waals surface area contributed by atoms with Crippen LogP contribution in [0.25, 0.3) is 0 Å². The summed E-state index contributed by atoms with van der Waals surface area (Å²) in [7, 11) is 0. The van der Waals surface area contributed by atoms with Crippen LogP contribution in [-0.2, 0) is 17.8 Å². The molecule has 0 saturated carbocycles. The molecule has 5 nitrogen and oxygen atoms in total. The molecule has 36 heavy (non-hydrogen) atoms. The van der Waals surface area contributed by atoms with Crippen molar-refractivity contribution in [2.45, 2.75) is 32.5 Å². The third-order valence-corrected chi connectivity index (χ3v) is 8.41. The summed E-state index contributed by atoms with van der Waals surface area (Å²) in [5, 5.41) is 3.82. The second-order valence-electron chi connectivity index (χ2n) is 10.6. The first kappa shape index (κ1) is 24.7. The van der Waals surface area contributed by atoms with E-state index in [1.54, 1.807) is 0 Å². The number of nitrogens with zero attached hydrogens (tertiary/aromatic N) is 3. The number of piperazine rings is 2. The fourth-order valence-corrected chi connectivity index (χ4v) is 6.51. The second kappa shape index (κ2) is 10.6. The van der Waals surface area contributed by atoms with Crippen molar-refractivity contribution in [2.75, 3.05) is 45.8 Å². The van der Waals surface area contributed by atoms with E-state index in [-0.39, 0.29) is 5.66 Å². The average molecular weight is 484 g/mol. The highest BCUT2D eigenvalue weighted by molar-refractivity contribution is 5.56. The molecule has 2 saturated heterocycles. The van der Waals surface area contributed by atoms with Crippen molar-refractivity contribution in [1.29, 1.82) is 0 Å². The molecule has 1 unspecified atom stereocenters. The highest BCUT2D eigenvalue weighted by Crippen LogP contribution is 2.43. The van der Waals surface area contributed by atoms with Crippen molar-refractivity contribution in [1.82, 2.24) is 19.6 Å². The summed E-state index contributed by atoms with van der Waals surface area (Å²) < 4.78 is 0.861. The summed E-state index contributed by atoms with van der Waals surface area (Å²) in [4.78, 5) is 16.5. The molecule has 0 bridgehead atoms. The van der Waals surface area contributed by atoms with Crippen molar-refractivity contribution in [3.63, 3.8) is 0 Å². The Bertz CT molecular complexity index is 1160. The Hall–Kier alpha value is -2.99. The number of benzene rings is 3. The van der Waals surface area contributed by atoms with Gasteiger partial charge in [0.25, 0.3) is 0 Å². The van der Waals surface area contributed by atoms with Gasteiger partial charge in [0.2, 0.25) is 6.41 Å². The van der Waals surface area contributed by atoms with Crippen LogP contribution >= 0.6 is 0 Å². The smallest absolute Gasteiger partial charge is 0.210 e. The fourth-order valence-electron chi connectivity index (χ4n) is 6.51. The van der Waals surface area contributed by atoms with E-state index >= 15 is 0 Å². The fraction of sp³-hybridized carbons (Fsp3) is 0.387. The Kier molecular flexibility index (Phi) is 7.24. The molecule has 5 heteroatoms. The second-order valence-corrected chi connectivity index (χ2v) is 10.6. The number of carbonyl (C=O) groups excluding carboxylic acids is 1. The van der Waals surface area contributed by atoms with Gasteiger partial charge in [-0.3, -0.25) is 9.28 Å². The minimum Gasteiger partial charge on any atom is -0.334 e. The molecule has 0 aliphatic carbocycles. The molecule has 0 spiro atoms. The number of rotatable bonds is 7. The Morgan fingerprint density at radius 2 is 1.56 bits per heavy atom. The third kappa shape index (κ3) is 4.59. The first-order valence-electron chi connectivity index (χ1n) is 13.2. The highest BCUT2D eigenvalue weighted by Gasteiger charge is 2.58. The van der Waals surface area contributed by atoms with Crippen molar-refractivity contribution in [2.24, 2.45) is 0 Å². The predicted octanol–water partition coefficient (Wildman–Crippen LogP) is 4.13. The lowest BCUT2D eigenvalue weighted by Gasteiger charge is -2.61. The van der Waals surface area contributed by atoms with E-state index in [1.165, 1.54) is 27.9 Å². The summed E-state index contributed by atoms with van der Waals surface area (Å²) in [6, 6.07) is 28.8. The number of hydrogen-bond acceptors (Lipinski definition) is 3. The van der Waals surface area contributed by atoms with Gasteiger partial charge >= 0.3 is 0 Å². The van der Waals surface area contributed by atoms with Crippen LogP contribution in [0, 0.1) is 13.8 Å². The van der Waals surface area contributed by atoms with Crippen LogP contribution in [0.2, 0.25) is 0 Å². The summed E-state index contributed by atoms with van der Waals surface area (Å²) in [5.74, 6) is 0. The molecule has 188 valence electrons. The largest absolute Gasteiger partial charge is 0.334 e. The molecule has 2 aliphatic rings. The molecule has 3 aromatic carbocycles. The molecule has 5 rings (SSSR count). The molecule has 3 aromatic rings. The molecular formula is C31H39N4O+. The quantitative estimate of drug-likeness (QED) is 0.406. The van der Waals surface area contributed by atoms with Gasteiger partial charge in [-0.1, -0.05) is 72.8 Å². The molecule has 0 aromatic heterocycles. The predicted molar refractivity (Wildman–Crippen MR) is 148 cm³/mol. The number of nitrogens with one attached hydrogen (secondary N) is 1. The molecular weight excluding hydrogens is 444 g/mol. The summed E-state index contributed by atoms with van der Waals surface area (Å²) in [6.45, 7) is 11.6. The van der Waals surface area contributed by atoms with Crippen LogP contribution in [0.5, 0.6) is 0 Å². The van der Waals surface area contributed by atoms with Gasteiger partial charge in [-0.15, -0.1) is 0 Å². The Morgan fingerprint density at radius 1 is 0.889 bits per heavy atom. The maximum Gasteiger partial charge on any atom is 0.210 e. The maximum absolute atomic E-state index is 11.8. The number of quaternary nitrogens is 1. The lowest BCUT2D eigenvalue weighted by atomic mass is 9.87. The van der Waals surface area contributed by atoms with Crippen LogP contribution in [0.15, 0.2) is 78.9 Å². The van der Waals surface area contributed by atoms with E-state index in [0.29, 0.717) is 0 Å². The van der Waals surface area contributed by atoms with Crippen LogP contribution in [-0.4, -0.2) is 67.7 Å². The normalized spacial score (nSPS) is 22.3. The number of amides is 1. The molecule has 2 fully saturated rings. The zero-order valence-corrected chi connectivity index (χ0v) is 21.7. The molecule has 1 N–H and O–H groups in total. The van der Waals surface area contributed by atoms with Gasteiger partial charge in [-0.2, -0.15) is 0 Å². The van der Waals surface area contributed by atoms with Crippen molar-refractivity contribution >= 4 is 12.1 Å². The molecule has 2 aliphatic heterocycles. The zero-order chi connectivity index (χ0) is 25.0. The SMILES string of the molecule is Cc1ccc(C)c([N+]2(C3(Cc4ccccc4)CNCCN3Cc3ccccc3)CCN(C=O)CC2)c1. The first-order chi connectivity index (χ1) is 17.6. The monoisotopic (exact) mass is 483 g/mol. The highest BCUT2D eigenvalue weighted by atomic mass is 16.1. The van der Waals surface area contributed by atoms with Gasteiger partial charge in [0.1, 0.15) is 18.8 Å². The molecule has 1 atom stereocenters. The van der Waals surface area contributed by atoms with E-state index in [2.05, 4.69) is 103 Å². The van der Waals surface area contributed by atoms with E-state index < -0.39 is 0 Å². The maximum atomic E-state index is 11.8. The van der Waals surface area contributed by atoms with Crippen LogP contribution in [0.4, 0.5) is 5.69 Å². The van der Waals surface area contributed by atoms with Crippen molar-refractivity contribution < 1.29 is 4.79 Å². The summed E-state index contributed by atoms with van der Waals surface area (Å²) >= 11 is 0. The first-order valence-corrected chi connectivity index (χ1v) is 13.2. The van der Waals surface area contributed by atoms with Crippen molar-refractivity contribution in [3.8, 4) is 0 Å². The molecule has 1 amide bonds. The van der Waals surface area contributed by atoms with E-state index in [0.717, 1.165) is 69.7 Å². The van der Waals surface area contributed by atoms with E-state index in [4.69, 9.17) is 0 Å². The van der Waals surface area contributed by atoms with Crippen LogP contribution in [0.1, 0.15) is 22.3 Å².